The van der Waals surface area contributed by atoms with E-state index in [1.165, 1.54) is 17.5 Å². The predicted molar refractivity (Wildman–Crippen MR) is 149 cm³/mol. The van der Waals surface area contributed by atoms with Crippen molar-refractivity contribution >= 4 is 39.9 Å². The normalized spacial score (nSPS) is 13.3. The van der Waals surface area contributed by atoms with Gasteiger partial charge >= 0.3 is 0 Å². The highest BCUT2D eigenvalue weighted by Gasteiger charge is 2.22. The topological polar surface area (TPSA) is 168 Å². The zero-order chi connectivity index (χ0) is 26.9. The molecule has 3 aromatic heterocycles. The second-order valence-corrected chi connectivity index (χ2v) is 9.97. The van der Waals surface area contributed by atoms with Gasteiger partial charge in [-0.25, -0.2) is 14.6 Å². The first-order valence-corrected chi connectivity index (χ1v) is 13.2. The molecule has 1 aliphatic heterocycles. The van der Waals surface area contributed by atoms with Crippen LogP contribution in [0.1, 0.15) is 42.4 Å². The van der Waals surface area contributed by atoms with Crippen LogP contribution < -0.4 is 17.2 Å². The number of amides is 1. The molecule has 11 nitrogen and oxygen atoms in total. The number of carbonyl (C=O) groups is 1. The number of hydrogen-bond acceptors (Lipinski definition) is 9. The van der Waals surface area contributed by atoms with E-state index >= 15 is 0 Å². The van der Waals surface area contributed by atoms with Crippen molar-refractivity contribution < 1.29 is 9.21 Å². The van der Waals surface area contributed by atoms with Gasteiger partial charge in [-0.2, -0.15) is 10.1 Å². The molecule has 0 aliphatic carbocycles. The number of oxazole rings is 1. The van der Waals surface area contributed by atoms with Crippen molar-refractivity contribution in [2.24, 2.45) is 5.73 Å². The van der Waals surface area contributed by atoms with Crippen LogP contribution in [-0.4, -0.2) is 48.6 Å². The Morgan fingerprint density at radius 1 is 1.03 bits per heavy atom. The maximum Gasteiger partial charge on any atom is 0.292 e. The van der Waals surface area contributed by atoms with E-state index in [0.29, 0.717) is 59.7 Å². The van der Waals surface area contributed by atoms with Gasteiger partial charge in [-0.05, 0) is 60.7 Å². The number of aromatic nitrogens is 5. The van der Waals surface area contributed by atoms with Crippen LogP contribution in [0.2, 0.25) is 0 Å². The van der Waals surface area contributed by atoms with Crippen molar-refractivity contribution in [1.29, 1.82) is 0 Å². The molecule has 11 heteroatoms. The molecule has 0 fully saturated rings. The lowest BCUT2D eigenvalue weighted by Crippen LogP contribution is -2.35. The van der Waals surface area contributed by atoms with E-state index in [0.717, 1.165) is 43.4 Å². The average molecular weight is 526 g/mol. The number of carbonyl (C=O) groups excluding carboxylic acids is 1. The number of anilines is 2. The maximum atomic E-state index is 12.7. The summed E-state index contributed by atoms with van der Waals surface area (Å²) in [5.41, 5.74) is 24.5. The molecule has 0 radical (unpaired) electrons. The molecule has 0 unspecified atom stereocenters. The van der Waals surface area contributed by atoms with Crippen LogP contribution in [0.4, 0.5) is 11.8 Å². The minimum atomic E-state index is 0.114. The van der Waals surface area contributed by atoms with Crippen LogP contribution in [0, 0.1) is 0 Å². The molecule has 1 amide bonds. The second-order valence-electron chi connectivity index (χ2n) is 9.97. The molecule has 39 heavy (non-hydrogen) atoms. The molecule has 0 saturated carbocycles. The van der Waals surface area contributed by atoms with Crippen LogP contribution in [-0.2, 0) is 24.3 Å². The quantitative estimate of drug-likeness (QED) is 0.257. The van der Waals surface area contributed by atoms with Gasteiger partial charge in [0, 0.05) is 25.1 Å². The molecule has 5 aromatic rings. The van der Waals surface area contributed by atoms with Gasteiger partial charge in [0.15, 0.2) is 11.2 Å². The van der Waals surface area contributed by atoms with Gasteiger partial charge in [0.05, 0.1) is 11.9 Å². The SMILES string of the molecule is NCCCCCC(=O)N1CCc2cc(Cn3nc(-c4ccc5oc(N)nc5c4)c4c(N)ncnc43)ccc2C1. The number of hydrogen-bond donors (Lipinski definition) is 3. The van der Waals surface area contributed by atoms with E-state index in [9.17, 15) is 4.79 Å². The Bertz CT molecular complexity index is 1670. The number of unbranched alkanes of at least 4 members (excludes halogenated alkanes) is 2. The number of nitrogens with two attached hydrogens (primary N) is 3. The molecular formula is C28H31N9O2. The van der Waals surface area contributed by atoms with Crippen molar-refractivity contribution in [3.63, 3.8) is 0 Å². The third-order valence-electron chi connectivity index (χ3n) is 7.30. The molecule has 6 N–H and O–H groups in total. The molecule has 0 spiro atoms. The molecule has 2 aromatic carbocycles. The minimum absolute atomic E-state index is 0.114. The van der Waals surface area contributed by atoms with Crippen molar-refractivity contribution in [2.45, 2.75) is 45.2 Å². The number of nitrogen functional groups attached to an aromatic ring is 2. The van der Waals surface area contributed by atoms with E-state index in [1.807, 2.05) is 27.8 Å². The number of rotatable bonds is 8. The van der Waals surface area contributed by atoms with Gasteiger partial charge in [-0.3, -0.25) is 4.79 Å². The van der Waals surface area contributed by atoms with Crippen molar-refractivity contribution in [1.82, 2.24) is 29.6 Å². The minimum Gasteiger partial charge on any atom is -0.424 e. The molecule has 0 saturated heterocycles. The fourth-order valence-corrected chi connectivity index (χ4v) is 5.28. The summed E-state index contributed by atoms with van der Waals surface area (Å²) >= 11 is 0. The summed E-state index contributed by atoms with van der Waals surface area (Å²) in [6.45, 7) is 2.58. The number of fused-ring (bicyclic) bond motifs is 3. The Morgan fingerprint density at radius 2 is 1.92 bits per heavy atom. The summed E-state index contributed by atoms with van der Waals surface area (Å²) in [4.78, 5) is 27.6. The van der Waals surface area contributed by atoms with Crippen LogP contribution >= 0.6 is 0 Å². The van der Waals surface area contributed by atoms with Crippen LogP contribution in [0.25, 0.3) is 33.4 Å². The zero-order valence-corrected chi connectivity index (χ0v) is 21.6. The van der Waals surface area contributed by atoms with E-state index < -0.39 is 0 Å². The Balaban J connectivity index is 1.25. The molecule has 0 atom stereocenters. The Kier molecular flexibility index (Phi) is 6.57. The maximum absolute atomic E-state index is 12.7. The van der Waals surface area contributed by atoms with E-state index in [-0.39, 0.29) is 11.9 Å². The van der Waals surface area contributed by atoms with E-state index in [2.05, 4.69) is 33.2 Å². The first-order chi connectivity index (χ1) is 19.0. The van der Waals surface area contributed by atoms with Gasteiger partial charge in [0.2, 0.25) is 5.91 Å². The summed E-state index contributed by atoms with van der Waals surface area (Å²) in [5, 5.41) is 5.59. The average Bonchev–Trinajstić information content (AvgIpc) is 3.50. The van der Waals surface area contributed by atoms with Gasteiger partial charge in [-0.15, -0.1) is 0 Å². The zero-order valence-electron chi connectivity index (χ0n) is 21.6. The monoisotopic (exact) mass is 525 g/mol. The molecule has 0 bridgehead atoms. The fourth-order valence-electron chi connectivity index (χ4n) is 5.28. The van der Waals surface area contributed by atoms with Crippen LogP contribution in [0.15, 0.2) is 47.1 Å². The van der Waals surface area contributed by atoms with Gasteiger partial charge in [0.25, 0.3) is 6.01 Å². The summed E-state index contributed by atoms with van der Waals surface area (Å²) in [5.74, 6) is 0.584. The highest BCUT2D eigenvalue weighted by molar-refractivity contribution is 5.99. The first kappa shape index (κ1) is 24.8. The number of benzene rings is 2. The largest absolute Gasteiger partial charge is 0.424 e. The highest BCUT2D eigenvalue weighted by Crippen LogP contribution is 2.33. The lowest BCUT2D eigenvalue weighted by atomic mass is 9.97. The number of nitrogens with zero attached hydrogens (tertiary/aromatic N) is 6. The lowest BCUT2D eigenvalue weighted by molar-refractivity contribution is -0.132. The van der Waals surface area contributed by atoms with Crippen LogP contribution in [0.3, 0.4) is 0 Å². The van der Waals surface area contributed by atoms with E-state index in [4.69, 9.17) is 26.7 Å². The van der Waals surface area contributed by atoms with Crippen molar-refractivity contribution in [3.05, 3.63) is 59.4 Å². The second kappa shape index (κ2) is 10.3. The van der Waals surface area contributed by atoms with Crippen LogP contribution in [0.5, 0.6) is 0 Å². The summed E-state index contributed by atoms with van der Waals surface area (Å²) in [7, 11) is 0. The summed E-state index contributed by atoms with van der Waals surface area (Å²) in [6, 6.07) is 12.1. The smallest absolute Gasteiger partial charge is 0.292 e. The third kappa shape index (κ3) is 4.88. The molecule has 6 rings (SSSR count). The molecular weight excluding hydrogens is 494 g/mol. The van der Waals surface area contributed by atoms with Crippen molar-refractivity contribution in [3.8, 4) is 11.3 Å². The third-order valence-corrected chi connectivity index (χ3v) is 7.30. The summed E-state index contributed by atoms with van der Waals surface area (Å²) < 4.78 is 7.26. The molecule has 1 aliphatic rings. The van der Waals surface area contributed by atoms with Gasteiger partial charge in [0.1, 0.15) is 23.4 Å². The Hall–Kier alpha value is -4.51. The van der Waals surface area contributed by atoms with Gasteiger partial charge in [-0.1, -0.05) is 24.6 Å². The molecule has 200 valence electrons. The predicted octanol–water partition coefficient (Wildman–Crippen LogP) is 3.25. The lowest BCUT2D eigenvalue weighted by Gasteiger charge is -2.29. The first-order valence-electron chi connectivity index (χ1n) is 13.2. The summed E-state index contributed by atoms with van der Waals surface area (Å²) in [6.07, 6.45) is 5.74. The Morgan fingerprint density at radius 3 is 2.79 bits per heavy atom. The van der Waals surface area contributed by atoms with E-state index in [1.54, 1.807) is 0 Å². The van der Waals surface area contributed by atoms with Crippen molar-refractivity contribution in [2.75, 3.05) is 24.6 Å². The fraction of sp³-hybridized carbons (Fsp3) is 0.321. The molecule has 4 heterocycles. The standard InChI is InChI=1S/C28H31N9O2/c29-10-3-1-2-4-23(38)36-11-9-18-12-17(5-6-20(18)15-36)14-37-27-24(26(30)32-16-33-27)25(35-37)19-7-8-22-21(13-19)34-28(31)39-22/h5-8,12-13,16H,1-4,9-11,14-15,29H2,(H2,31,34)(H2,30,32,33). The van der Waals surface area contributed by atoms with Gasteiger partial charge < -0.3 is 26.5 Å². The highest BCUT2D eigenvalue weighted by atomic mass is 16.4. The Labute approximate surface area is 225 Å².